The quantitative estimate of drug-likeness (QED) is 0.353. The number of esters is 2. The molecule has 0 heterocycles. The Morgan fingerprint density at radius 1 is 0.889 bits per heavy atom. The number of halogens is 5. The van der Waals surface area contributed by atoms with Crippen LogP contribution in [0.2, 0.25) is 20.1 Å². The summed E-state index contributed by atoms with van der Waals surface area (Å²) in [5, 5.41) is 1.80. The van der Waals surface area contributed by atoms with Crippen LogP contribution >= 0.6 is 62.3 Å². The van der Waals surface area contributed by atoms with Gasteiger partial charge in [-0.3, -0.25) is 9.59 Å². The Morgan fingerprint density at radius 3 is 1.93 bits per heavy atom. The normalized spacial score (nSPS) is 11.1. The lowest BCUT2D eigenvalue weighted by atomic mass is 10.1. The highest BCUT2D eigenvalue weighted by atomic mass is 79.9. The summed E-state index contributed by atoms with van der Waals surface area (Å²) < 4.78 is 9.08. The highest BCUT2D eigenvalue weighted by Gasteiger charge is 2.18. The molecule has 0 aromatic heterocycles. The summed E-state index contributed by atoms with van der Waals surface area (Å²) in [5.74, 6) is -0.665. The molecule has 4 nitrogen and oxygen atoms in total. The third kappa shape index (κ3) is 7.88. The zero-order chi connectivity index (χ0) is 20.6. The second-order valence-electron chi connectivity index (χ2n) is 5.06. The predicted octanol–water partition coefficient (Wildman–Crippen LogP) is 6.31. The van der Waals surface area contributed by atoms with E-state index in [9.17, 15) is 9.59 Å². The van der Waals surface area contributed by atoms with Crippen LogP contribution in [0, 0.1) is 0 Å². The first kappa shape index (κ1) is 24.1. The molecule has 2 rings (SSSR count). The van der Waals surface area contributed by atoms with Crippen molar-refractivity contribution in [2.75, 3.05) is 14.2 Å². The standard InChI is InChI=1S/C9H7BrCl2O2.C9H8Cl2O2/c1-14-9(13)8(10)5-2-3-6(11)7(12)4-5;1-13-9(12)5-6-2-3-7(10)8(11)4-6/h2-4,8H,1H3;2-4H,5H2,1H3. The first-order valence-corrected chi connectivity index (χ1v) is 9.80. The lowest BCUT2D eigenvalue weighted by Crippen LogP contribution is -2.07. The van der Waals surface area contributed by atoms with Crippen molar-refractivity contribution in [3.05, 3.63) is 67.6 Å². The average molecular weight is 517 g/mol. The van der Waals surface area contributed by atoms with Gasteiger partial charge >= 0.3 is 11.9 Å². The molecule has 0 bridgehead atoms. The van der Waals surface area contributed by atoms with Gasteiger partial charge in [0.15, 0.2) is 0 Å². The summed E-state index contributed by atoms with van der Waals surface area (Å²) in [6.45, 7) is 0. The fraction of sp³-hybridized carbons (Fsp3) is 0.222. The molecule has 0 amide bonds. The Labute approximate surface area is 185 Å². The van der Waals surface area contributed by atoms with Gasteiger partial charge in [0.1, 0.15) is 4.83 Å². The number of alkyl halides is 1. The number of hydrogen-bond acceptors (Lipinski definition) is 4. The Morgan fingerprint density at radius 2 is 1.44 bits per heavy atom. The van der Waals surface area contributed by atoms with Gasteiger partial charge in [0.05, 0.1) is 40.7 Å². The van der Waals surface area contributed by atoms with E-state index in [1.807, 2.05) is 0 Å². The Hall–Kier alpha value is -0.980. The molecule has 9 heteroatoms. The predicted molar refractivity (Wildman–Crippen MR) is 112 cm³/mol. The van der Waals surface area contributed by atoms with Crippen molar-refractivity contribution in [1.82, 2.24) is 0 Å². The minimum absolute atomic E-state index is 0.216. The molecule has 0 fully saturated rings. The van der Waals surface area contributed by atoms with Crippen molar-refractivity contribution in [3.8, 4) is 0 Å². The molecule has 27 heavy (non-hydrogen) atoms. The average Bonchev–Trinajstić information content (AvgIpc) is 2.66. The van der Waals surface area contributed by atoms with E-state index in [1.165, 1.54) is 14.2 Å². The Bertz CT molecular complexity index is 814. The number of carbonyl (C=O) groups is 2. The summed E-state index contributed by atoms with van der Waals surface area (Å²) in [7, 11) is 2.67. The van der Waals surface area contributed by atoms with Crippen LogP contribution in [0.3, 0.4) is 0 Å². The van der Waals surface area contributed by atoms with Crippen LogP contribution in [0.25, 0.3) is 0 Å². The van der Waals surface area contributed by atoms with Gasteiger partial charge in [0.25, 0.3) is 0 Å². The van der Waals surface area contributed by atoms with Crippen LogP contribution < -0.4 is 0 Å². The second-order valence-corrected chi connectivity index (χ2v) is 7.61. The smallest absolute Gasteiger partial charge is 0.323 e. The van der Waals surface area contributed by atoms with Gasteiger partial charge in [0.2, 0.25) is 0 Å². The van der Waals surface area contributed by atoms with Crippen molar-refractivity contribution in [3.63, 3.8) is 0 Å². The van der Waals surface area contributed by atoms with Crippen LogP contribution in [0.1, 0.15) is 16.0 Å². The van der Waals surface area contributed by atoms with Gasteiger partial charge in [-0.2, -0.15) is 0 Å². The molecule has 0 saturated carbocycles. The minimum Gasteiger partial charge on any atom is -0.469 e. The molecule has 1 atom stereocenters. The van der Waals surface area contributed by atoms with Gasteiger partial charge in [-0.15, -0.1) is 0 Å². The number of rotatable bonds is 4. The van der Waals surface area contributed by atoms with Crippen LogP contribution in [0.4, 0.5) is 0 Å². The SMILES string of the molecule is COC(=O)C(Br)c1ccc(Cl)c(Cl)c1.COC(=O)Cc1ccc(Cl)c(Cl)c1. The molecule has 1 unspecified atom stereocenters. The van der Waals surface area contributed by atoms with Crippen molar-refractivity contribution in [1.29, 1.82) is 0 Å². The topological polar surface area (TPSA) is 52.6 Å². The minimum atomic E-state index is -0.512. The van der Waals surface area contributed by atoms with Crippen LogP contribution in [-0.2, 0) is 25.5 Å². The molecule has 2 aromatic rings. The second kappa shape index (κ2) is 11.8. The van der Waals surface area contributed by atoms with Crippen molar-refractivity contribution in [2.45, 2.75) is 11.2 Å². The third-order valence-corrected chi connectivity index (χ3v) is 5.59. The molecule has 0 saturated heterocycles. The number of ether oxygens (including phenoxy) is 2. The largest absolute Gasteiger partial charge is 0.469 e. The summed E-state index contributed by atoms with van der Waals surface area (Å²) in [6, 6.07) is 10.0. The lowest BCUT2D eigenvalue weighted by Gasteiger charge is -2.08. The van der Waals surface area contributed by atoms with Crippen LogP contribution in [0.5, 0.6) is 0 Å². The van der Waals surface area contributed by atoms with Gasteiger partial charge in [0, 0.05) is 0 Å². The van der Waals surface area contributed by atoms with E-state index in [1.54, 1.807) is 36.4 Å². The zero-order valence-electron chi connectivity index (χ0n) is 14.3. The molecular weight excluding hydrogens is 502 g/mol. The molecule has 146 valence electrons. The molecular formula is C18H15BrCl4O4. The number of methoxy groups -OCH3 is 2. The Kier molecular flexibility index (Phi) is 10.5. The van der Waals surface area contributed by atoms with E-state index < -0.39 is 4.83 Å². The highest BCUT2D eigenvalue weighted by Crippen LogP contribution is 2.30. The van der Waals surface area contributed by atoms with Crippen LogP contribution in [0.15, 0.2) is 36.4 Å². The van der Waals surface area contributed by atoms with Gasteiger partial charge < -0.3 is 9.47 Å². The maximum Gasteiger partial charge on any atom is 0.323 e. The summed E-state index contributed by atoms with van der Waals surface area (Å²) >= 11 is 26.2. The molecule has 0 spiro atoms. The van der Waals surface area contributed by atoms with Crippen molar-refractivity contribution in [2.24, 2.45) is 0 Å². The Balaban J connectivity index is 0.000000271. The number of benzene rings is 2. The molecule has 2 aromatic carbocycles. The first-order chi connectivity index (χ1) is 12.7. The van der Waals surface area contributed by atoms with Gasteiger partial charge in [-0.25, -0.2) is 0 Å². The van der Waals surface area contributed by atoms with E-state index in [4.69, 9.17) is 46.4 Å². The van der Waals surface area contributed by atoms with E-state index in [2.05, 4.69) is 25.4 Å². The van der Waals surface area contributed by atoms with Gasteiger partial charge in [-0.05, 0) is 35.4 Å². The van der Waals surface area contributed by atoms with E-state index in [0.717, 1.165) is 5.56 Å². The number of hydrogen-bond donors (Lipinski definition) is 0. The summed E-state index contributed by atoms with van der Waals surface area (Å²) in [4.78, 5) is 21.5. The van der Waals surface area contributed by atoms with E-state index in [0.29, 0.717) is 25.7 Å². The van der Waals surface area contributed by atoms with Crippen LogP contribution in [-0.4, -0.2) is 26.2 Å². The molecule has 0 aliphatic carbocycles. The molecule has 0 N–H and O–H groups in total. The van der Waals surface area contributed by atoms with Gasteiger partial charge in [-0.1, -0.05) is 74.5 Å². The third-order valence-electron chi connectivity index (χ3n) is 3.20. The van der Waals surface area contributed by atoms with Crippen molar-refractivity contribution < 1.29 is 19.1 Å². The molecule has 0 aliphatic rings. The zero-order valence-corrected chi connectivity index (χ0v) is 18.9. The maximum atomic E-state index is 11.2. The van der Waals surface area contributed by atoms with E-state index in [-0.39, 0.29) is 18.4 Å². The lowest BCUT2D eigenvalue weighted by molar-refractivity contribution is -0.140. The van der Waals surface area contributed by atoms with E-state index >= 15 is 0 Å². The maximum absolute atomic E-state index is 11.2. The highest BCUT2D eigenvalue weighted by molar-refractivity contribution is 9.09. The van der Waals surface area contributed by atoms with Crippen molar-refractivity contribution >= 4 is 74.3 Å². The monoisotopic (exact) mass is 514 g/mol. The number of carbonyl (C=O) groups excluding carboxylic acids is 2. The first-order valence-electron chi connectivity index (χ1n) is 7.37. The fourth-order valence-corrected chi connectivity index (χ4v) is 2.90. The summed E-state index contributed by atoms with van der Waals surface area (Å²) in [6.07, 6.45) is 0.216. The fourth-order valence-electron chi connectivity index (χ4n) is 1.80. The molecule has 0 aliphatic heterocycles. The molecule has 0 radical (unpaired) electrons. The summed E-state index contributed by atoms with van der Waals surface area (Å²) in [5.41, 5.74) is 1.51.